The number of fused-ring (bicyclic) bond motifs is 1. The molecule has 4 nitrogen and oxygen atoms in total. The molecule has 0 unspecified atom stereocenters. The lowest BCUT2D eigenvalue weighted by Crippen LogP contribution is -2.10. The lowest BCUT2D eigenvalue weighted by molar-refractivity contribution is -0.116. The minimum absolute atomic E-state index is 0.0238. The topological polar surface area (TPSA) is 55.1 Å². The summed E-state index contributed by atoms with van der Waals surface area (Å²) in [5.74, 6) is 0.590. The van der Waals surface area contributed by atoms with E-state index in [4.69, 9.17) is 27.6 Å². The van der Waals surface area contributed by atoms with E-state index in [-0.39, 0.29) is 5.91 Å². The third kappa shape index (κ3) is 3.89. The monoisotopic (exact) mass is 362 g/mol. The summed E-state index contributed by atoms with van der Waals surface area (Å²) in [6.45, 7) is 1.97. The van der Waals surface area contributed by atoms with Crippen molar-refractivity contribution < 1.29 is 9.21 Å². The van der Waals surface area contributed by atoms with Crippen LogP contribution in [-0.2, 0) is 11.2 Å². The maximum absolute atomic E-state index is 11.6. The molecule has 0 aliphatic carbocycles. The molecule has 1 amide bonds. The first-order chi connectivity index (χ1) is 11.5. The Morgan fingerprint density at radius 1 is 1.21 bits per heavy atom. The van der Waals surface area contributed by atoms with Gasteiger partial charge >= 0.3 is 0 Å². The van der Waals surface area contributed by atoms with Crippen LogP contribution in [0.2, 0.25) is 10.0 Å². The Bertz CT molecular complexity index is 873. The predicted octanol–water partition coefficient (Wildman–Crippen LogP) is 5.46. The Kier molecular flexibility index (Phi) is 5.07. The Labute approximate surface area is 149 Å². The number of hydrogen-bond donors (Lipinski definition) is 1. The van der Waals surface area contributed by atoms with Gasteiger partial charge < -0.3 is 9.73 Å². The number of oxazole rings is 1. The average Bonchev–Trinajstić information content (AvgIpc) is 2.92. The summed E-state index contributed by atoms with van der Waals surface area (Å²) in [7, 11) is 0. The zero-order chi connectivity index (χ0) is 17.1. The third-order valence-electron chi connectivity index (χ3n) is 3.52. The molecule has 0 aliphatic rings. The number of hydrogen-bond acceptors (Lipinski definition) is 3. The summed E-state index contributed by atoms with van der Waals surface area (Å²) in [5.41, 5.74) is 2.99. The minimum atomic E-state index is 0.0238. The van der Waals surface area contributed by atoms with Crippen LogP contribution in [0, 0.1) is 0 Å². The highest BCUT2D eigenvalue weighted by atomic mass is 35.5. The van der Waals surface area contributed by atoms with Crippen molar-refractivity contribution in [2.75, 3.05) is 5.32 Å². The summed E-state index contributed by atoms with van der Waals surface area (Å²) in [6, 6.07) is 11.0. The third-order valence-corrected chi connectivity index (χ3v) is 4.02. The molecule has 1 N–H and O–H groups in total. The molecule has 24 heavy (non-hydrogen) atoms. The molecule has 124 valence electrons. The smallest absolute Gasteiger partial charge is 0.224 e. The van der Waals surface area contributed by atoms with Crippen LogP contribution in [0.1, 0.15) is 31.2 Å². The Hall–Kier alpha value is -2.04. The number of carbonyl (C=O) groups is 1. The van der Waals surface area contributed by atoms with Crippen molar-refractivity contribution in [2.45, 2.75) is 26.2 Å². The van der Waals surface area contributed by atoms with Crippen LogP contribution in [0.3, 0.4) is 0 Å². The van der Waals surface area contributed by atoms with E-state index in [1.807, 2.05) is 31.2 Å². The molecular formula is C18H16Cl2N2O2. The fourth-order valence-electron chi connectivity index (χ4n) is 2.41. The van der Waals surface area contributed by atoms with Crippen molar-refractivity contribution in [2.24, 2.45) is 0 Å². The van der Waals surface area contributed by atoms with E-state index < -0.39 is 0 Å². The van der Waals surface area contributed by atoms with Gasteiger partial charge in [0, 0.05) is 23.6 Å². The predicted molar refractivity (Wildman–Crippen MR) is 96.8 cm³/mol. The van der Waals surface area contributed by atoms with Gasteiger partial charge in [0.05, 0.1) is 5.02 Å². The summed E-state index contributed by atoms with van der Waals surface area (Å²) in [5, 5.41) is 3.84. The molecular weight excluding hydrogens is 347 g/mol. The van der Waals surface area contributed by atoms with Crippen molar-refractivity contribution in [3.63, 3.8) is 0 Å². The molecule has 3 aromatic rings. The molecule has 0 saturated heterocycles. The number of amides is 1. The lowest BCUT2D eigenvalue weighted by atomic mass is 10.1. The van der Waals surface area contributed by atoms with E-state index in [0.29, 0.717) is 39.9 Å². The highest BCUT2D eigenvalue weighted by molar-refractivity contribution is 6.37. The number of nitrogens with one attached hydrogen (secondary N) is 1. The molecule has 2 aromatic carbocycles. The summed E-state index contributed by atoms with van der Waals surface area (Å²) in [6.07, 6.45) is 1.88. The van der Waals surface area contributed by atoms with E-state index in [0.717, 1.165) is 17.7 Å². The number of aromatic nitrogens is 1. The van der Waals surface area contributed by atoms with E-state index in [1.54, 1.807) is 12.1 Å². The van der Waals surface area contributed by atoms with Crippen LogP contribution in [0.5, 0.6) is 0 Å². The Morgan fingerprint density at radius 2 is 1.96 bits per heavy atom. The normalized spacial score (nSPS) is 11.0. The second-order valence-corrected chi connectivity index (χ2v) is 6.36. The molecule has 3 rings (SSSR count). The summed E-state index contributed by atoms with van der Waals surface area (Å²) in [4.78, 5) is 16.0. The fraction of sp³-hybridized carbons (Fsp3) is 0.222. The van der Waals surface area contributed by atoms with Gasteiger partial charge in [0.25, 0.3) is 0 Å². The van der Waals surface area contributed by atoms with Crippen LogP contribution in [0.25, 0.3) is 11.1 Å². The molecule has 1 aromatic heterocycles. The Morgan fingerprint density at radius 3 is 2.67 bits per heavy atom. The van der Waals surface area contributed by atoms with Gasteiger partial charge in [-0.25, -0.2) is 4.98 Å². The average molecular weight is 363 g/mol. The van der Waals surface area contributed by atoms with Gasteiger partial charge in [-0.15, -0.1) is 0 Å². The Balaban J connectivity index is 1.74. The molecule has 0 bridgehead atoms. The van der Waals surface area contributed by atoms with Crippen molar-refractivity contribution in [3.05, 3.63) is 57.9 Å². The second kappa shape index (κ2) is 7.24. The second-order valence-electron chi connectivity index (χ2n) is 5.52. The van der Waals surface area contributed by atoms with E-state index >= 15 is 0 Å². The highest BCUT2D eigenvalue weighted by Gasteiger charge is 2.11. The molecule has 0 fully saturated rings. The highest BCUT2D eigenvalue weighted by Crippen LogP contribution is 2.29. The lowest BCUT2D eigenvalue weighted by Gasteiger charge is -2.05. The quantitative estimate of drug-likeness (QED) is 0.655. The van der Waals surface area contributed by atoms with E-state index in [1.165, 1.54) is 0 Å². The number of nitrogens with zero attached hydrogens (tertiary/aromatic N) is 1. The summed E-state index contributed by atoms with van der Waals surface area (Å²) >= 11 is 12.1. The van der Waals surface area contributed by atoms with Crippen molar-refractivity contribution in [1.82, 2.24) is 4.98 Å². The largest absolute Gasteiger partial charge is 0.439 e. The van der Waals surface area contributed by atoms with Crippen LogP contribution in [0.4, 0.5) is 5.69 Å². The first-order valence-electron chi connectivity index (χ1n) is 7.68. The molecule has 6 heteroatoms. The maximum atomic E-state index is 11.6. The number of anilines is 1. The zero-order valence-electron chi connectivity index (χ0n) is 13.1. The van der Waals surface area contributed by atoms with Gasteiger partial charge in [0.15, 0.2) is 11.5 Å². The van der Waals surface area contributed by atoms with Gasteiger partial charge in [0.1, 0.15) is 5.52 Å². The van der Waals surface area contributed by atoms with E-state index in [9.17, 15) is 4.79 Å². The first-order valence-corrected chi connectivity index (χ1v) is 8.44. The van der Waals surface area contributed by atoms with Crippen LogP contribution < -0.4 is 5.32 Å². The van der Waals surface area contributed by atoms with Crippen LogP contribution in [0.15, 0.2) is 40.8 Å². The van der Waals surface area contributed by atoms with Gasteiger partial charge in [-0.05, 0) is 36.2 Å². The van der Waals surface area contributed by atoms with Gasteiger partial charge in [-0.1, -0.05) is 42.3 Å². The van der Waals surface area contributed by atoms with Crippen molar-refractivity contribution >= 4 is 45.9 Å². The van der Waals surface area contributed by atoms with E-state index in [2.05, 4.69) is 10.3 Å². The first kappa shape index (κ1) is 16.8. The van der Waals surface area contributed by atoms with Crippen LogP contribution in [-0.4, -0.2) is 10.9 Å². The number of halogens is 2. The zero-order valence-corrected chi connectivity index (χ0v) is 14.6. The number of rotatable bonds is 5. The molecule has 0 spiro atoms. The van der Waals surface area contributed by atoms with Crippen molar-refractivity contribution in [3.8, 4) is 0 Å². The molecule has 1 heterocycles. The molecule has 0 radical (unpaired) electrons. The number of benzene rings is 2. The number of carbonyl (C=O) groups excluding carboxylic acids is 1. The van der Waals surface area contributed by atoms with Crippen LogP contribution >= 0.6 is 23.2 Å². The van der Waals surface area contributed by atoms with Gasteiger partial charge in [-0.3, -0.25) is 4.79 Å². The SMILES string of the molecule is CCCC(=O)Nc1ccc(Cc2nc3cc(Cl)cc(Cl)c3o2)cc1. The van der Waals surface area contributed by atoms with Gasteiger partial charge in [0.2, 0.25) is 5.91 Å². The molecule has 0 saturated carbocycles. The molecule has 0 aliphatic heterocycles. The summed E-state index contributed by atoms with van der Waals surface area (Å²) < 4.78 is 5.71. The minimum Gasteiger partial charge on any atom is -0.439 e. The fourth-order valence-corrected chi connectivity index (χ4v) is 2.93. The standard InChI is InChI=1S/C18H16Cl2N2O2/c1-2-3-16(23)21-13-6-4-11(5-7-13)8-17-22-15-10-12(19)9-14(20)18(15)24-17/h4-7,9-10H,2-3,8H2,1H3,(H,21,23). The van der Waals surface area contributed by atoms with Gasteiger partial charge in [-0.2, -0.15) is 0 Å². The molecule has 0 atom stereocenters. The maximum Gasteiger partial charge on any atom is 0.224 e. The van der Waals surface area contributed by atoms with Crippen molar-refractivity contribution in [1.29, 1.82) is 0 Å².